The SMILES string of the molecule is CC1CCC(NCCCCCO)C1. The van der Waals surface area contributed by atoms with Crippen LogP contribution in [0.2, 0.25) is 0 Å². The van der Waals surface area contributed by atoms with E-state index in [0.29, 0.717) is 6.61 Å². The molecule has 0 radical (unpaired) electrons. The molecule has 0 aromatic rings. The summed E-state index contributed by atoms with van der Waals surface area (Å²) in [6.45, 7) is 3.82. The Kier molecular flexibility index (Phi) is 5.40. The molecule has 1 rings (SSSR count). The summed E-state index contributed by atoms with van der Waals surface area (Å²) in [5, 5.41) is 12.2. The van der Waals surface area contributed by atoms with Gasteiger partial charge in [0.15, 0.2) is 0 Å². The van der Waals surface area contributed by atoms with Crippen LogP contribution in [0, 0.1) is 5.92 Å². The molecule has 13 heavy (non-hydrogen) atoms. The summed E-state index contributed by atoms with van der Waals surface area (Å²) < 4.78 is 0. The van der Waals surface area contributed by atoms with E-state index in [4.69, 9.17) is 5.11 Å². The van der Waals surface area contributed by atoms with Gasteiger partial charge in [-0.2, -0.15) is 0 Å². The van der Waals surface area contributed by atoms with Crippen molar-refractivity contribution in [2.45, 2.75) is 51.5 Å². The van der Waals surface area contributed by atoms with Crippen LogP contribution in [-0.2, 0) is 0 Å². The van der Waals surface area contributed by atoms with Crippen LogP contribution in [0.5, 0.6) is 0 Å². The van der Waals surface area contributed by atoms with E-state index in [9.17, 15) is 0 Å². The molecule has 0 spiro atoms. The molecule has 0 aliphatic heterocycles. The minimum Gasteiger partial charge on any atom is -0.396 e. The first kappa shape index (κ1) is 11.0. The van der Waals surface area contributed by atoms with Crippen molar-refractivity contribution in [1.29, 1.82) is 0 Å². The molecule has 1 aliphatic rings. The van der Waals surface area contributed by atoms with Crippen molar-refractivity contribution in [1.82, 2.24) is 5.32 Å². The van der Waals surface area contributed by atoms with Crippen LogP contribution >= 0.6 is 0 Å². The van der Waals surface area contributed by atoms with Gasteiger partial charge in [-0.25, -0.2) is 0 Å². The smallest absolute Gasteiger partial charge is 0.0431 e. The maximum absolute atomic E-state index is 8.59. The summed E-state index contributed by atoms with van der Waals surface area (Å²) in [7, 11) is 0. The first-order valence-corrected chi connectivity index (χ1v) is 5.67. The van der Waals surface area contributed by atoms with Crippen LogP contribution in [0.1, 0.15) is 45.4 Å². The van der Waals surface area contributed by atoms with Gasteiger partial charge in [-0.15, -0.1) is 0 Å². The Bertz CT molecular complexity index is 127. The minimum atomic E-state index is 0.348. The Balaban J connectivity index is 1.88. The van der Waals surface area contributed by atoms with Gasteiger partial charge in [-0.1, -0.05) is 6.92 Å². The zero-order valence-electron chi connectivity index (χ0n) is 8.76. The van der Waals surface area contributed by atoms with Gasteiger partial charge in [0.2, 0.25) is 0 Å². The third-order valence-corrected chi connectivity index (χ3v) is 2.96. The monoisotopic (exact) mass is 185 g/mol. The average molecular weight is 185 g/mol. The van der Waals surface area contributed by atoms with E-state index in [1.54, 1.807) is 0 Å². The number of unbranched alkanes of at least 4 members (excludes halogenated alkanes) is 2. The lowest BCUT2D eigenvalue weighted by Gasteiger charge is -2.11. The molecular formula is C11H23NO. The third-order valence-electron chi connectivity index (χ3n) is 2.96. The van der Waals surface area contributed by atoms with Crippen molar-refractivity contribution < 1.29 is 5.11 Å². The fraction of sp³-hybridized carbons (Fsp3) is 1.00. The normalized spacial score (nSPS) is 28.2. The first-order chi connectivity index (χ1) is 6.33. The molecule has 2 heteroatoms. The summed E-state index contributed by atoms with van der Waals surface area (Å²) in [5.41, 5.74) is 0. The predicted octanol–water partition coefficient (Wildman–Crippen LogP) is 1.93. The molecule has 0 saturated heterocycles. The lowest BCUT2D eigenvalue weighted by atomic mass is 10.1. The lowest BCUT2D eigenvalue weighted by molar-refractivity contribution is 0.282. The molecular weight excluding hydrogens is 162 g/mol. The molecule has 0 heterocycles. The zero-order valence-corrected chi connectivity index (χ0v) is 8.76. The van der Waals surface area contributed by atoms with Gasteiger partial charge in [-0.3, -0.25) is 0 Å². The number of aliphatic hydroxyl groups is 1. The van der Waals surface area contributed by atoms with Crippen molar-refractivity contribution in [3.05, 3.63) is 0 Å². The molecule has 2 unspecified atom stereocenters. The maximum Gasteiger partial charge on any atom is 0.0431 e. The molecule has 1 saturated carbocycles. The Hall–Kier alpha value is -0.0800. The number of rotatable bonds is 6. The number of hydrogen-bond acceptors (Lipinski definition) is 2. The van der Waals surface area contributed by atoms with E-state index in [2.05, 4.69) is 12.2 Å². The zero-order chi connectivity index (χ0) is 9.52. The van der Waals surface area contributed by atoms with Crippen LogP contribution in [0.15, 0.2) is 0 Å². The van der Waals surface area contributed by atoms with Crippen molar-refractivity contribution in [3.8, 4) is 0 Å². The highest BCUT2D eigenvalue weighted by Crippen LogP contribution is 2.24. The topological polar surface area (TPSA) is 32.3 Å². The fourth-order valence-electron chi connectivity index (χ4n) is 2.11. The van der Waals surface area contributed by atoms with Crippen LogP contribution < -0.4 is 5.32 Å². The highest BCUT2D eigenvalue weighted by Gasteiger charge is 2.19. The van der Waals surface area contributed by atoms with Crippen LogP contribution in [-0.4, -0.2) is 24.3 Å². The van der Waals surface area contributed by atoms with E-state index in [1.807, 2.05) is 0 Å². The number of hydrogen-bond donors (Lipinski definition) is 2. The summed E-state index contributed by atoms with van der Waals surface area (Å²) in [4.78, 5) is 0. The van der Waals surface area contributed by atoms with E-state index < -0.39 is 0 Å². The molecule has 0 bridgehead atoms. The van der Waals surface area contributed by atoms with E-state index in [-0.39, 0.29) is 0 Å². The van der Waals surface area contributed by atoms with Crippen molar-refractivity contribution in [2.24, 2.45) is 5.92 Å². The standard InChI is InChI=1S/C11H23NO/c1-10-5-6-11(9-10)12-7-3-2-4-8-13/h10-13H,2-9H2,1H3. The van der Waals surface area contributed by atoms with Gasteiger partial charge in [0.05, 0.1) is 0 Å². The quantitative estimate of drug-likeness (QED) is 0.620. The summed E-state index contributed by atoms with van der Waals surface area (Å²) in [6.07, 6.45) is 7.45. The summed E-state index contributed by atoms with van der Waals surface area (Å²) in [6, 6.07) is 0.782. The molecule has 1 aliphatic carbocycles. The molecule has 2 nitrogen and oxygen atoms in total. The number of nitrogens with one attached hydrogen (secondary N) is 1. The molecule has 0 aromatic carbocycles. The van der Waals surface area contributed by atoms with Gasteiger partial charge < -0.3 is 10.4 Å². The molecule has 78 valence electrons. The minimum absolute atomic E-state index is 0.348. The Morgan fingerprint density at radius 2 is 2.08 bits per heavy atom. The Morgan fingerprint density at radius 3 is 2.69 bits per heavy atom. The average Bonchev–Trinajstić information content (AvgIpc) is 2.51. The lowest BCUT2D eigenvalue weighted by Crippen LogP contribution is -2.27. The van der Waals surface area contributed by atoms with E-state index in [1.165, 1.54) is 25.7 Å². The van der Waals surface area contributed by atoms with Gasteiger partial charge in [-0.05, 0) is 51.0 Å². The molecule has 0 aromatic heterocycles. The van der Waals surface area contributed by atoms with Crippen LogP contribution in [0.4, 0.5) is 0 Å². The third kappa shape index (κ3) is 4.63. The largest absolute Gasteiger partial charge is 0.396 e. The highest BCUT2D eigenvalue weighted by atomic mass is 16.2. The van der Waals surface area contributed by atoms with Crippen molar-refractivity contribution >= 4 is 0 Å². The van der Waals surface area contributed by atoms with Crippen LogP contribution in [0.25, 0.3) is 0 Å². The molecule has 2 atom stereocenters. The summed E-state index contributed by atoms with van der Waals surface area (Å²) in [5.74, 6) is 0.926. The second-order valence-electron chi connectivity index (χ2n) is 4.35. The molecule has 1 fully saturated rings. The van der Waals surface area contributed by atoms with Crippen LogP contribution in [0.3, 0.4) is 0 Å². The second-order valence-corrected chi connectivity index (χ2v) is 4.35. The number of aliphatic hydroxyl groups excluding tert-OH is 1. The van der Waals surface area contributed by atoms with E-state index >= 15 is 0 Å². The first-order valence-electron chi connectivity index (χ1n) is 5.67. The van der Waals surface area contributed by atoms with Gasteiger partial charge in [0, 0.05) is 12.6 Å². The predicted molar refractivity (Wildman–Crippen MR) is 55.7 cm³/mol. The highest BCUT2D eigenvalue weighted by molar-refractivity contribution is 4.77. The van der Waals surface area contributed by atoms with Crippen molar-refractivity contribution in [2.75, 3.05) is 13.2 Å². The van der Waals surface area contributed by atoms with Gasteiger partial charge in [0.25, 0.3) is 0 Å². The van der Waals surface area contributed by atoms with Crippen molar-refractivity contribution in [3.63, 3.8) is 0 Å². The Labute approximate surface area is 81.7 Å². The molecule has 0 amide bonds. The summed E-state index contributed by atoms with van der Waals surface area (Å²) >= 11 is 0. The van der Waals surface area contributed by atoms with E-state index in [0.717, 1.165) is 31.3 Å². The van der Waals surface area contributed by atoms with Gasteiger partial charge in [0.1, 0.15) is 0 Å². The Morgan fingerprint density at radius 1 is 1.23 bits per heavy atom. The maximum atomic E-state index is 8.59. The second kappa shape index (κ2) is 6.39. The van der Waals surface area contributed by atoms with Gasteiger partial charge >= 0.3 is 0 Å². The fourth-order valence-corrected chi connectivity index (χ4v) is 2.11. The molecule has 2 N–H and O–H groups in total.